The molecule has 0 bridgehead atoms. The highest BCUT2D eigenvalue weighted by Crippen LogP contribution is 2.36. The molecule has 0 fully saturated rings. The predicted molar refractivity (Wildman–Crippen MR) is 124 cm³/mol. The molecule has 0 saturated carbocycles. The largest absolute Gasteiger partial charge is 0.497 e. The van der Waals surface area contributed by atoms with E-state index < -0.39 is 12.1 Å². The topological polar surface area (TPSA) is 104 Å². The van der Waals surface area contributed by atoms with Gasteiger partial charge in [-0.25, -0.2) is 5.01 Å². The summed E-state index contributed by atoms with van der Waals surface area (Å²) in [5, 5.41) is 26.1. The Morgan fingerprint density at radius 1 is 1.25 bits per heavy atom. The van der Waals surface area contributed by atoms with E-state index in [2.05, 4.69) is 20.3 Å². The van der Waals surface area contributed by atoms with Crippen molar-refractivity contribution in [2.24, 2.45) is 5.10 Å². The second-order valence-electron chi connectivity index (χ2n) is 7.13. The number of nitrogens with zero attached hydrogens (tertiary/aromatic N) is 4. The van der Waals surface area contributed by atoms with Gasteiger partial charge in [-0.3, -0.25) is 4.79 Å². The van der Waals surface area contributed by atoms with Gasteiger partial charge in [-0.2, -0.15) is 5.10 Å². The Kier molecular flexibility index (Phi) is 5.64. The van der Waals surface area contributed by atoms with Crippen LogP contribution >= 0.6 is 23.1 Å². The molecule has 2 unspecified atom stereocenters. The second kappa shape index (κ2) is 8.73. The van der Waals surface area contributed by atoms with Crippen molar-refractivity contribution >= 4 is 45.6 Å². The number of carbonyl (C=O) groups excluding carboxylic acids is 1. The van der Waals surface area contributed by atoms with Crippen LogP contribution in [0, 0.1) is 0 Å². The molecule has 2 N–H and O–H groups in total. The van der Waals surface area contributed by atoms with Crippen molar-refractivity contribution in [3.05, 3.63) is 71.4 Å². The molecule has 3 heterocycles. The third kappa shape index (κ3) is 3.77. The molecule has 162 valence electrons. The third-order valence-electron chi connectivity index (χ3n) is 5.30. The van der Waals surface area contributed by atoms with E-state index in [-0.39, 0.29) is 11.7 Å². The number of fused-ring (bicyclic) bond motifs is 1. The van der Waals surface area contributed by atoms with Crippen molar-refractivity contribution in [2.75, 3.05) is 12.9 Å². The van der Waals surface area contributed by atoms with Gasteiger partial charge in [0.25, 0.3) is 5.91 Å². The van der Waals surface area contributed by atoms with E-state index in [1.807, 2.05) is 54.7 Å². The minimum absolute atomic E-state index is 0.138. The summed E-state index contributed by atoms with van der Waals surface area (Å²) in [6.45, 7) is 0. The summed E-state index contributed by atoms with van der Waals surface area (Å²) < 4.78 is 5.96. The number of ether oxygens (including phenoxy) is 1. The highest BCUT2D eigenvalue weighted by Gasteiger charge is 2.41. The molecule has 0 saturated heterocycles. The standard InChI is InChI=1S/C22H19N5O3S2/c1-30-14-8-6-13(7-9-14)20-21(29)19(16-10-23-17-5-3-2-4-15(16)17)26-27(20)18(28)11-31-22-25-24-12-32-22/h2-10,12,20-21,23,29H,11H2,1H3. The molecule has 1 aliphatic heterocycles. The van der Waals surface area contributed by atoms with Gasteiger partial charge in [-0.1, -0.05) is 53.4 Å². The number of para-hydroxylation sites is 1. The van der Waals surface area contributed by atoms with Gasteiger partial charge < -0.3 is 14.8 Å². The van der Waals surface area contributed by atoms with E-state index in [9.17, 15) is 9.90 Å². The summed E-state index contributed by atoms with van der Waals surface area (Å²) in [6, 6.07) is 14.5. The van der Waals surface area contributed by atoms with E-state index in [1.54, 1.807) is 12.6 Å². The lowest BCUT2D eigenvalue weighted by Crippen LogP contribution is -2.34. The SMILES string of the molecule is COc1ccc(C2C(O)C(c3c[nH]c4ccccc34)=NN2C(=O)CSc2nncs2)cc1. The molecule has 1 amide bonds. The predicted octanol–water partition coefficient (Wildman–Crippen LogP) is 3.47. The van der Waals surface area contributed by atoms with Gasteiger partial charge in [0.05, 0.1) is 12.9 Å². The van der Waals surface area contributed by atoms with Crippen molar-refractivity contribution < 1.29 is 14.6 Å². The molecule has 4 aromatic rings. The maximum atomic E-state index is 13.2. The van der Waals surface area contributed by atoms with Gasteiger partial charge in [0.1, 0.15) is 29.1 Å². The first-order valence-electron chi connectivity index (χ1n) is 9.83. The number of aromatic nitrogens is 3. The van der Waals surface area contributed by atoms with Crippen LogP contribution < -0.4 is 4.74 Å². The number of nitrogens with one attached hydrogen (secondary N) is 1. The van der Waals surface area contributed by atoms with Gasteiger partial charge in [0.15, 0.2) is 4.34 Å². The Morgan fingerprint density at radius 3 is 2.81 bits per heavy atom. The summed E-state index contributed by atoms with van der Waals surface area (Å²) in [5.74, 6) is 0.614. The Balaban J connectivity index is 1.51. The fraction of sp³-hybridized carbons (Fsp3) is 0.182. The summed E-state index contributed by atoms with van der Waals surface area (Å²) in [5.41, 5.74) is 4.57. The van der Waals surface area contributed by atoms with E-state index in [1.165, 1.54) is 28.1 Å². The lowest BCUT2D eigenvalue weighted by Gasteiger charge is -2.24. The molecule has 1 aliphatic rings. The van der Waals surface area contributed by atoms with Crippen LogP contribution in [0.1, 0.15) is 17.2 Å². The zero-order valence-corrected chi connectivity index (χ0v) is 18.6. The average molecular weight is 466 g/mol. The summed E-state index contributed by atoms with van der Waals surface area (Å²) >= 11 is 2.68. The van der Waals surface area contributed by atoms with Crippen molar-refractivity contribution in [1.29, 1.82) is 0 Å². The van der Waals surface area contributed by atoms with Crippen molar-refractivity contribution in [3.63, 3.8) is 0 Å². The Morgan fingerprint density at radius 2 is 2.06 bits per heavy atom. The minimum atomic E-state index is -0.988. The van der Waals surface area contributed by atoms with Crippen LogP contribution in [0.25, 0.3) is 10.9 Å². The van der Waals surface area contributed by atoms with Crippen LogP contribution in [0.3, 0.4) is 0 Å². The third-order valence-corrected chi connectivity index (χ3v) is 7.14. The maximum Gasteiger partial charge on any atom is 0.253 e. The minimum Gasteiger partial charge on any atom is -0.497 e. The van der Waals surface area contributed by atoms with Gasteiger partial charge in [0.2, 0.25) is 0 Å². The average Bonchev–Trinajstić information content (AvgIpc) is 3.56. The molecule has 32 heavy (non-hydrogen) atoms. The molecular formula is C22H19N5O3S2. The highest BCUT2D eigenvalue weighted by molar-refractivity contribution is 8.01. The highest BCUT2D eigenvalue weighted by atomic mass is 32.2. The first-order valence-corrected chi connectivity index (χ1v) is 11.7. The maximum absolute atomic E-state index is 13.2. The molecule has 2 atom stereocenters. The zero-order chi connectivity index (χ0) is 22.1. The zero-order valence-electron chi connectivity index (χ0n) is 17.0. The molecule has 2 aromatic heterocycles. The molecule has 2 aromatic carbocycles. The number of hydrogen-bond acceptors (Lipinski definition) is 8. The number of thioether (sulfide) groups is 1. The van der Waals surface area contributed by atoms with E-state index in [0.29, 0.717) is 15.8 Å². The number of benzene rings is 2. The van der Waals surface area contributed by atoms with Gasteiger partial charge in [-0.05, 0) is 23.8 Å². The van der Waals surface area contributed by atoms with E-state index >= 15 is 0 Å². The number of rotatable bonds is 6. The summed E-state index contributed by atoms with van der Waals surface area (Å²) in [4.78, 5) is 16.4. The first-order chi connectivity index (χ1) is 15.7. The number of aliphatic hydroxyl groups excluding tert-OH is 1. The Bertz CT molecular complexity index is 1270. The summed E-state index contributed by atoms with van der Waals surface area (Å²) in [6.07, 6.45) is 0.833. The van der Waals surface area contributed by atoms with Crippen molar-refractivity contribution in [3.8, 4) is 5.75 Å². The normalized spacial score (nSPS) is 18.2. The van der Waals surface area contributed by atoms with Crippen LogP contribution in [-0.4, -0.2) is 55.9 Å². The van der Waals surface area contributed by atoms with Crippen LogP contribution in [0.15, 0.2) is 69.7 Å². The number of amides is 1. The molecule has 0 aliphatic carbocycles. The fourth-order valence-electron chi connectivity index (χ4n) is 3.77. The number of hydrazone groups is 1. The monoisotopic (exact) mass is 465 g/mol. The molecular weight excluding hydrogens is 446 g/mol. The molecule has 8 nitrogen and oxygen atoms in total. The van der Waals surface area contributed by atoms with Gasteiger partial charge in [0, 0.05) is 22.7 Å². The van der Waals surface area contributed by atoms with Crippen LogP contribution in [0.2, 0.25) is 0 Å². The molecule has 10 heteroatoms. The lowest BCUT2D eigenvalue weighted by molar-refractivity contribution is -0.131. The number of hydrogen-bond donors (Lipinski definition) is 2. The van der Waals surface area contributed by atoms with Gasteiger partial charge >= 0.3 is 0 Å². The van der Waals surface area contributed by atoms with Crippen molar-refractivity contribution in [2.45, 2.75) is 16.5 Å². The quantitative estimate of drug-likeness (QED) is 0.423. The van der Waals surface area contributed by atoms with E-state index in [0.717, 1.165) is 22.0 Å². The number of aliphatic hydroxyl groups is 1. The number of aromatic amines is 1. The Hall–Kier alpha value is -3.21. The van der Waals surface area contributed by atoms with Crippen LogP contribution in [-0.2, 0) is 4.79 Å². The van der Waals surface area contributed by atoms with E-state index in [4.69, 9.17) is 4.74 Å². The fourth-order valence-corrected chi connectivity index (χ4v) is 5.11. The number of H-pyrrole nitrogens is 1. The summed E-state index contributed by atoms with van der Waals surface area (Å²) in [7, 11) is 1.60. The molecule has 0 spiro atoms. The lowest BCUT2D eigenvalue weighted by atomic mass is 9.95. The van der Waals surface area contributed by atoms with Crippen molar-refractivity contribution in [1.82, 2.24) is 20.2 Å². The molecule has 5 rings (SSSR count). The Labute approximate surface area is 191 Å². The van der Waals surface area contributed by atoms with Gasteiger partial charge in [-0.15, -0.1) is 10.2 Å². The van der Waals surface area contributed by atoms with Crippen LogP contribution in [0.5, 0.6) is 5.75 Å². The molecule has 0 radical (unpaired) electrons. The van der Waals surface area contributed by atoms with Crippen LogP contribution in [0.4, 0.5) is 0 Å². The second-order valence-corrected chi connectivity index (χ2v) is 9.18. The number of methoxy groups -OCH3 is 1. The first kappa shape index (κ1) is 20.7. The number of carbonyl (C=O) groups is 1. The smallest absolute Gasteiger partial charge is 0.253 e.